The Labute approximate surface area is 196 Å². The van der Waals surface area contributed by atoms with Crippen molar-refractivity contribution in [2.45, 2.75) is 56.2 Å². The Morgan fingerprint density at radius 1 is 1.25 bits per heavy atom. The molecule has 0 radical (unpaired) electrons. The molecule has 1 saturated heterocycles. The Hall–Kier alpha value is -1.98. The van der Waals surface area contributed by atoms with Crippen LogP contribution < -0.4 is 5.32 Å². The third kappa shape index (κ3) is 4.29. The quantitative estimate of drug-likeness (QED) is 0.543. The molecule has 4 unspecified atom stereocenters. The molecule has 2 fully saturated rings. The molecule has 1 saturated carbocycles. The SMILES string of the molecule is C[S+]([O-])Cc1cc2c(C3CCC4(CCNC4Cc4ccc(CC#N)cc4)C3)ncnc2s1. The number of nitriles is 1. The monoisotopic (exact) mass is 464 g/mol. The summed E-state index contributed by atoms with van der Waals surface area (Å²) in [6.07, 6.45) is 9.73. The Balaban J connectivity index is 1.34. The number of rotatable bonds is 6. The first-order chi connectivity index (χ1) is 15.6. The van der Waals surface area contributed by atoms with Gasteiger partial charge in [0, 0.05) is 17.3 Å². The lowest BCUT2D eigenvalue weighted by atomic mass is 9.75. The number of hydrogen-bond donors (Lipinski definition) is 1. The summed E-state index contributed by atoms with van der Waals surface area (Å²) >= 11 is 0.805. The van der Waals surface area contributed by atoms with Gasteiger partial charge in [0.25, 0.3) is 0 Å². The van der Waals surface area contributed by atoms with E-state index in [1.807, 2.05) is 0 Å². The molecular weight excluding hydrogens is 436 g/mol. The highest BCUT2D eigenvalue weighted by atomic mass is 32.2. The summed E-state index contributed by atoms with van der Waals surface area (Å²) in [4.78, 5) is 11.4. The molecule has 2 aromatic heterocycles. The Morgan fingerprint density at radius 2 is 2.06 bits per heavy atom. The van der Waals surface area contributed by atoms with Gasteiger partial charge in [-0.3, -0.25) is 0 Å². The maximum Gasteiger partial charge on any atom is 0.139 e. The summed E-state index contributed by atoms with van der Waals surface area (Å²) < 4.78 is 11.7. The van der Waals surface area contributed by atoms with Gasteiger partial charge in [0.2, 0.25) is 0 Å². The number of hydrogen-bond acceptors (Lipinski definition) is 6. The first kappa shape index (κ1) is 21.8. The van der Waals surface area contributed by atoms with E-state index < -0.39 is 11.2 Å². The molecule has 1 spiro atoms. The molecule has 1 aliphatic carbocycles. The van der Waals surface area contributed by atoms with Crippen molar-refractivity contribution in [3.8, 4) is 6.07 Å². The van der Waals surface area contributed by atoms with Gasteiger partial charge < -0.3 is 9.87 Å². The summed E-state index contributed by atoms with van der Waals surface area (Å²) in [7, 11) is 0. The van der Waals surface area contributed by atoms with E-state index >= 15 is 0 Å². The zero-order chi connectivity index (χ0) is 22.1. The molecule has 1 aromatic carbocycles. The molecule has 32 heavy (non-hydrogen) atoms. The topological polar surface area (TPSA) is 84.7 Å². The molecule has 1 N–H and O–H groups in total. The predicted molar refractivity (Wildman–Crippen MR) is 130 cm³/mol. The molecule has 0 bridgehead atoms. The molecule has 5 nitrogen and oxygen atoms in total. The number of nitrogens with one attached hydrogen (secondary N) is 1. The lowest BCUT2D eigenvalue weighted by Gasteiger charge is -2.31. The fraction of sp³-hybridized carbons (Fsp3) is 0.480. The van der Waals surface area contributed by atoms with Crippen molar-refractivity contribution in [2.75, 3.05) is 12.8 Å². The van der Waals surface area contributed by atoms with E-state index in [4.69, 9.17) is 10.2 Å². The fourth-order valence-electron chi connectivity index (χ4n) is 5.75. The molecule has 0 amide bonds. The molecule has 3 heterocycles. The van der Waals surface area contributed by atoms with Crippen molar-refractivity contribution in [1.29, 1.82) is 5.26 Å². The summed E-state index contributed by atoms with van der Waals surface area (Å²) in [6.45, 7) is 1.08. The highest BCUT2D eigenvalue weighted by Crippen LogP contribution is 2.53. The zero-order valence-electron chi connectivity index (χ0n) is 18.3. The van der Waals surface area contributed by atoms with Crippen molar-refractivity contribution < 1.29 is 4.55 Å². The molecule has 4 atom stereocenters. The van der Waals surface area contributed by atoms with Gasteiger partial charge in [-0.2, -0.15) is 5.26 Å². The maximum atomic E-state index is 11.7. The van der Waals surface area contributed by atoms with E-state index in [1.54, 1.807) is 23.9 Å². The van der Waals surface area contributed by atoms with Gasteiger partial charge >= 0.3 is 0 Å². The van der Waals surface area contributed by atoms with Crippen molar-refractivity contribution in [3.05, 3.63) is 58.4 Å². The van der Waals surface area contributed by atoms with Crippen LogP contribution in [0.1, 0.15) is 53.3 Å². The Kier molecular flexibility index (Phi) is 6.22. The van der Waals surface area contributed by atoms with Gasteiger partial charge in [0.15, 0.2) is 0 Å². The number of thiophene rings is 1. The van der Waals surface area contributed by atoms with Crippen LogP contribution in [0.25, 0.3) is 10.2 Å². The highest BCUT2D eigenvalue weighted by molar-refractivity contribution is 7.90. The van der Waals surface area contributed by atoms with Crippen LogP contribution in [0.15, 0.2) is 36.7 Å². The number of benzene rings is 1. The van der Waals surface area contributed by atoms with Crippen LogP contribution in [0.3, 0.4) is 0 Å². The van der Waals surface area contributed by atoms with Crippen LogP contribution >= 0.6 is 11.3 Å². The van der Waals surface area contributed by atoms with E-state index in [1.165, 1.54) is 24.1 Å². The zero-order valence-corrected chi connectivity index (χ0v) is 20.0. The second kappa shape index (κ2) is 9.11. The van der Waals surface area contributed by atoms with Gasteiger partial charge in [-0.15, -0.1) is 11.3 Å². The van der Waals surface area contributed by atoms with Gasteiger partial charge in [-0.25, -0.2) is 9.97 Å². The standard InChI is InChI=1S/C25H28N4OS2/c1-32(30)15-20-13-21-23(28-16-29-24(21)31-20)19-6-8-25(14-19)9-11-27-22(25)12-18-4-2-17(3-5-18)7-10-26/h2-5,13,16,19,22,27H,6-9,11-12,14-15H2,1H3. The van der Waals surface area contributed by atoms with Crippen molar-refractivity contribution >= 4 is 32.7 Å². The van der Waals surface area contributed by atoms with E-state index in [9.17, 15) is 4.55 Å². The van der Waals surface area contributed by atoms with Gasteiger partial charge in [-0.05, 0) is 61.3 Å². The largest absolute Gasteiger partial charge is 0.616 e. The molecule has 1 aliphatic heterocycles. The number of aromatic nitrogens is 2. The summed E-state index contributed by atoms with van der Waals surface area (Å²) in [5.74, 6) is 1.05. The van der Waals surface area contributed by atoms with Crippen molar-refractivity contribution in [1.82, 2.24) is 15.3 Å². The minimum Gasteiger partial charge on any atom is -0.616 e. The highest BCUT2D eigenvalue weighted by Gasteiger charge is 2.48. The van der Waals surface area contributed by atoms with Crippen LogP contribution in [0.4, 0.5) is 0 Å². The van der Waals surface area contributed by atoms with E-state index in [0.29, 0.717) is 29.5 Å². The summed E-state index contributed by atoms with van der Waals surface area (Å²) in [5.41, 5.74) is 3.93. The predicted octanol–water partition coefficient (Wildman–Crippen LogP) is 4.49. The van der Waals surface area contributed by atoms with Crippen LogP contribution in [-0.4, -0.2) is 33.4 Å². The minimum atomic E-state index is -0.848. The summed E-state index contributed by atoms with van der Waals surface area (Å²) in [6, 6.07) is 13.4. The number of fused-ring (bicyclic) bond motifs is 1. The third-order valence-electron chi connectivity index (χ3n) is 7.29. The fourth-order valence-corrected chi connectivity index (χ4v) is 7.77. The van der Waals surface area contributed by atoms with Gasteiger partial charge in [0.1, 0.15) is 16.9 Å². The summed E-state index contributed by atoms with van der Waals surface area (Å²) in [5, 5.41) is 13.9. The van der Waals surface area contributed by atoms with E-state index in [-0.39, 0.29) is 0 Å². The van der Waals surface area contributed by atoms with Crippen LogP contribution in [0.2, 0.25) is 0 Å². The first-order valence-corrected chi connectivity index (χ1v) is 13.8. The van der Waals surface area contributed by atoms with Gasteiger partial charge in [0.05, 0.1) is 29.3 Å². The molecule has 2 aliphatic rings. The molecule has 5 rings (SSSR count). The third-order valence-corrected chi connectivity index (χ3v) is 9.23. The van der Waals surface area contributed by atoms with Crippen LogP contribution in [-0.2, 0) is 29.8 Å². The lowest BCUT2D eigenvalue weighted by molar-refractivity contribution is 0.250. The minimum absolute atomic E-state index is 0.317. The molecule has 3 aromatic rings. The number of nitrogens with zero attached hydrogens (tertiary/aromatic N) is 3. The smallest absolute Gasteiger partial charge is 0.139 e. The second-order valence-electron chi connectivity index (χ2n) is 9.32. The van der Waals surface area contributed by atoms with Crippen LogP contribution in [0, 0.1) is 16.7 Å². The Bertz CT molecular complexity index is 1140. The maximum absolute atomic E-state index is 11.7. The van der Waals surface area contributed by atoms with Gasteiger partial charge in [-0.1, -0.05) is 35.4 Å². The van der Waals surface area contributed by atoms with Crippen molar-refractivity contribution in [2.24, 2.45) is 5.41 Å². The van der Waals surface area contributed by atoms with Crippen LogP contribution in [0.5, 0.6) is 0 Å². The average molecular weight is 465 g/mol. The van der Waals surface area contributed by atoms with Crippen molar-refractivity contribution in [3.63, 3.8) is 0 Å². The van der Waals surface area contributed by atoms with E-state index in [2.05, 4.69) is 46.7 Å². The van der Waals surface area contributed by atoms with E-state index in [0.717, 1.165) is 46.5 Å². The molecule has 7 heteroatoms. The normalized spacial score (nSPS) is 26.0. The second-order valence-corrected chi connectivity index (χ2v) is 11.9. The molecular formula is C25H28N4OS2. The molecule has 166 valence electrons. The first-order valence-electron chi connectivity index (χ1n) is 11.3. The Morgan fingerprint density at radius 3 is 2.84 bits per heavy atom. The lowest BCUT2D eigenvalue weighted by Crippen LogP contribution is -2.37. The average Bonchev–Trinajstić information content (AvgIpc) is 3.48.